The van der Waals surface area contributed by atoms with E-state index < -0.39 is 17.7 Å². The average Bonchev–Trinajstić information content (AvgIpc) is 2.77. The summed E-state index contributed by atoms with van der Waals surface area (Å²) in [6, 6.07) is 9.99. The summed E-state index contributed by atoms with van der Waals surface area (Å²) in [5.41, 5.74) is 1.75. The first-order chi connectivity index (χ1) is 14.9. The molecule has 1 heterocycles. The number of hydrogen-bond donors (Lipinski definition) is 2. The van der Waals surface area contributed by atoms with Crippen LogP contribution in [-0.2, 0) is 4.79 Å². The number of nitrogens with one attached hydrogen (secondary N) is 2. The van der Waals surface area contributed by atoms with Gasteiger partial charge in [0.1, 0.15) is 0 Å². The Morgan fingerprint density at radius 1 is 0.871 bits per heavy atom. The molecule has 0 saturated carbocycles. The van der Waals surface area contributed by atoms with Gasteiger partial charge < -0.3 is 20.4 Å². The summed E-state index contributed by atoms with van der Waals surface area (Å²) >= 11 is 0. The van der Waals surface area contributed by atoms with E-state index >= 15 is 0 Å². The maximum absolute atomic E-state index is 13.2. The van der Waals surface area contributed by atoms with Gasteiger partial charge in [-0.1, -0.05) is 13.8 Å². The fourth-order valence-corrected chi connectivity index (χ4v) is 3.70. The van der Waals surface area contributed by atoms with E-state index in [2.05, 4.69) is 29.4 Å². The number of nitrogens with zero attached hydrogens (tertiary/aromatic N) is 2. The quantitative estimate of drug-likeness (QED) is 0.699. The van der Waals surface area contributed by atoms with Crippen LogP contribution in [0.2, 0.25) is 0 Å². The largest absolute Gasteiger partial charge is 0.368 e. The zero-order valence-corrected chi connectivity index (χ0v) is 17.8. The highest BCUT2D eigenvalue weighted by Gasteiger charge is 2.25. The molecular formula is C23H28F2N4O2. The van der Waals surface area contributed by atoms with Crippen molar-refractivity contribution < 1.29 is 18.4 Å². The van der Waals surface area contributed by atoms with Gasteiger partial charge in [-0.2, -0.15) is 0 Å². The highest BCUT2D eigenvalue weighted by Crippen LogP contribution is 2.21. The lowest BCUT2D eigenvalue weighted by atomic mass is 10.0. The van der Waals surface area contributed by atoms with Gasteiger partial charge in [-0.25, -0.2) is 13.6 Å². The van der Waals surface area contributed by atoms with Crippen molar-refractivity contribution in [3.8, 4) is 0 Å². The molecule has 1 aliphatic rings. The normalized spacial score (nSPS) is 14.0. The van der Waals surface area contributed by atoms with Gasteiger partial charge in [0.25, 0.3) is 0 Å². The number of halogens is 2. The zero-order valence-electron chi connectivity index (χ0n) is 17.8. The minimum Gasteiger partial charge on any atom is -0.368 e. The van der Waals surface area contributed by atoms with Crippen molar-refractivity contribution in [3.63, 3.8) is 0 Å². The molecule has 0 aliphatic carbocycles. The van der Waals surface area contributed by atoms with Crippen molar-refractivity contribution in [2.45, 2.75) is 26.7 Å². The Morgan fingerprint density at radius 2 is 1.45 bits per heavy atom. The van der Waals surface area contributed by atoms with E-state index in [1.54, 1.807) is 12.1 Å². The number of rotatable bonds is 6. The number of piperazine rings is 1. The Hall–Kier alpha value is -3.16. The van der Waals surface area contributed by atoms with Gasteiger partial charge >= 0.3 is 6.03 Å². The van der Waals surface area contributed by atoms with Gasteiger partial charge in [0.2, 0.25) is 5.91 Å². The molecule has 2 aromatic rings. The maximum Gasteiger partial charge on any atom is 0.323 e. The molecule has 1 fully saturated rings. The monoisotopic (exact) mass is 430 g/mol. The number of carbonyl (C=O) groups excluding carboxylic acids is 2. The lowest BCUT2D eigenvalue weighted by molar-refractivity contribution is -0.136. The summed E-state index contributed by atoms with van der Waals surface area (Å²) < 4.78 is 26.2. The fourth-order valence-electron chi connectivity index (χ4n) is 3.70. The van der Waals surface area contributed by atoms with Crippen LogP contribution in [0.4, 0.5) is 30.6 Å². The standard InChI is InChI=1S/C23H28F2N4O2/c1-3-16(4-2)22(30)29-13-11-28(12-14-29)19-8-5-17(6-9-19)26-23(31)27-18-7-10-20(24)21(25)15-18/h5-10,15-16H,3-4,11-14H2,1-2H3,(H2,26,27,31). The molecule has 8 heteroatoms. The minimum absolute atomic E-state index is 0.106. The third kappa shape index (κ3) is 5.71. The molecule has 0 spiro atoms. The summed E-state index contributed by atoms with van der Waals surface area (Å²) in [5.74, 6) is -1.64. The minimum atomic E-state index is -1.02. The SMILES string of the molecule is CCC(CC)C(=O)N1CCN(c2ccc(NC(=O)Nc3ccc(F)c(F)c3)cc2)CC1. The molecule has 2 N–H and O–H groups in total. The molecule has 0 unspecified atom stereocenters. The molecular weight excluding hydrogens is 402 g/mol. The molecule has 3 rings (SSSR count). The van der Waals surface area contributed by atoms with E-state index in [0.717, 1.165) is 43.8 Å². The van der Waals surface area contributed by atoms with E-state index in [0.29, 0.717) is 18.8 Å². The fraction of sp³-hybridized carbons (Fsp3) is 0.391. The van der Waals surface area contributed by atoms with Gasteiger partial charge in [0.05, 0.1) is 0 Å². The average molecular weight is 430 g/mol. The number of carbonyl (C=O) groups is 2. The van der Waals surface area contributed by atoms with E-state index in [9.17, 15) is 18.4 Å². The molecule has 2 aromatic carbocycles. The van der Waals surface area contributed by atoms with E-state index in [4.69, 9.17) is 0 Å². The van der Waals surface area contributed by atoms with Gasteiger partial charge in [-0.05, 0) is 49.2 Å². The molecule has 0 bridgehead atoms. The molecule has 0 aromatic heterocycles. The van der Waals surface area contributed by atoms with E-state index in [-0.39, 0.29) is 17.5 Å². The van der Waals surface area contributed by atoms with Crippen molar-refractivity contribution in [2.24, 2.45) is 5.92 Å². The Kier molecular flexibility index (Phi) is 7.44. The molecule has 166 valence electrons. The van der Waals surface area contributed by atoms with Crippen LogP contribution in [0.3, 0.4) is 0 Å². The van der Waals surface area contributed by atoms with Gasteiger partial charge in [-0.3, -0.25) is 4.79 Å². The van der Waals surface area contributed by atoms with Gasteiger partial charge in [0.15, 0.2) is 11.6 Å². The molecule has 6 nitrogen and oxygen atoms in total. The van der Waals surface area contributed by atoms with Crippen LogP contribution in [0.25, 0.3) is 0 Å². The first-order valence-corrected chi connectivity index (χ1v) is 10.6. The topological polar surface area (TPSA) is 64.7 Å². The van der Waals surface area contributed by atoms with E-state index in [1.165, 1.54) is 6.07 Å². The smallest absolute Gasteiger partial charge is 0.323 e. The first-order valence-electron chi connectivity index (χ1n) is 10.6. The summed E-state index contributed by atoms with van der Waals surface area (Å²) in [7, 11) is 0. The number of hydrogen-bond acceptors (Lipinski definition) is 3. The number of urea groups is 1. The van der Waals surface area contributed by atoms with Crippen molar-refractivity contribution >= 4 is 29.0 Å². The highest BCUT2D eigenvalue weighted by atomic mass is 19.2. The zero-order chi connectivity index (χ0) is 22.4. The Bertz CT molecular complexity index is 908. The van der Waals surface area contributed by atoms with Crippen molar-refractivity contribution in [3.05, 3.63) is 54.1 Å². The molecule has 0 radical (unpaired) electrons. The van der Waals surface area contributed by atoms with Gasteiger partial charge in [0, 0.05) is 55.2 Å². The molecule has 1 aliphatic heterocycles. The van der Waals surface area contributed by atoms with Gasteiger partial charge in [-0.15, -0.1) is 0 Å². The molecule has 31 heavy (non-hydrogen) atoms. The van der Waals surface area contributed by atoms with Crippen molar-refractivity contribution in [1.82, 2.24) is 4.90 Å². The van der Waals surface area contributed by atoms with Crippen LogP contribution >= 0.6 is 0 Å². The Balaban J connectivity index is 1.51. The predicted octanol–water partition coefficient (Wildman–Crippen LogP) is 4.69. The maximum atomic E-state index is 13.2. The third-order valence-corrected chi connectivity index (χ3v) is 5.59. The predicted molar refractivity (Wildman–Crippen MR) is 118 cm³/mol. The Labute approximate surface area is 181 Å². The Morgan fingerprint density at radius 3 is 2.03 bits per heavy atom. The van der Waals surface area contributed by atoms with Crippen LogP contribution in [-0.4, -0.2) is 43.0 Å². The lowest BCUT2D eigenvalue weighted by Crippen LogP contribution is -2.50. The highest BCUT2D eigenvalue weighted by molar-refractivity contribution is 5.99. The van der Waals surface area contributed by atoms with Crippen LogP contribution in [0, 0.1) is 17.6 Å². The molecule has 3 amide bonds. The second-order valence-corrected chi connectivity index (χ2v) is 7.58. The van der Waals surface area contributed by atoms with Crippen LogP contribution in [0.15, 0.2) is 42.5 Å². The van der Waals surface area contributed by atoms with Crippen LogP contribution in [0.1, 0.15) is 26.7 Å². The number of benzene rings is 2. The van der Waals surface area contributed by atoms with Crippen LogP contribution < -0.4 is 15.5 Å². The summed E-state index contributed by atoms with van der Waals surface area (Å²) in [6.07, 6.45) is 1.74. The lowest BCUT2D eigenvalue weighted by Gasteiger charge is -2.37. The second kappa shape index (κ2) is 10.2. The molecule has 1 saturated heterocycles. The summed E-state index contributed by atoms with van der Waals surface area (Å²) in [4.78, 5) is 28.8. The second-order valence-electron chi connectivity index (χ2n) is 7.58. The number of amides is 3. The van der Waals surface area contributed by atoms with E-state index in [1.807, 2.05) is 17.0 Å². The number of anilines is 3. The first kappa shape index (κ1) is 22.5. The van der Waals surface area contributed by atoms with Crippen molar-refractivity contribution in [1.29, 1.82) is 0 Å². The molecule has 0 atom stereocenters. The summed E-state index contributed by atoms with van der Waals surface area (Å²) in [6.45, 7) is 7.02. The summed E-state index contributed by atoms with van der Waals surface area (Å²) in [5, 5.41) is 5.13. The van der Waals surface area contributed by atoms with Crippen LogP contribution in [0.5, 0.6) is 0 Å². The van der Waals surface area contributed by atoms with Crippen molar-refractivity contribution in [2.75, 3.05) is 41.7 Å². The third-order valence-electron chi connectivity index (χ3n) is 5.59.